The second-order valence-corrected chi connectivity index (χ2v) is 12.3. The molecule has 4 aromatic heterocycles. The van der Waals surface area contributed by atoms with Crippen LogP contribution in [0.5, 0.6) is 0 Å². The molecule has 0 saturated carbocycles. The number of rotatable bonds is 4. The van der Waals surface area contributed by atoms with E-state index in [1.807, 2.05) is 18.3 Å². The van der Waals surface area contributed by atoms with E-state index in [1.54, 1.807) is 0 Å². The van der Waals surface area contributed by atoms with Gasteiger partial charge in [-0.1, -0.05) is 97.1 Å². The van der Waals surface area contributed by atoms with E-state index in [4.69, 9.17) is 4.98 Å². The van der Waals surface area contributed by atoms with Gasteiger partial charge in [-0.05, 0) is 77.9 Å². The highest BCUT2D eigenvalue weighted by atomic mass is 15.1. The minimum atomic E-state index is 0.891. The van der Waals surface area contributed by atoms with E-state index in [0.29, 0.717) is 0 Å². The number of aromatic nitrogens is 4. The van der Waals surface area contributed by atoms with Crippen LogP contribution in [0.1, 0.15) is 0 Å². The highest BCUT2D eigenvalue weighted by molar-refractivity contribution is 6.11. The molecule has 0 radical (unpaired) electrons. The van der Waals surface area contributed by atoms with Gasteiger partial charge in [-0.2, -0.15) is 0 Å². The lowest BCUT2D eigenvalue weighted by Gasteiger charge is -2.15. The largest absolute Gasteiger partial charge is 0.309 e. The molecule has 4 heteroatoms. The van der Waals surface area contributed by atoms with Crippen molar-refractivity contribution in [2.75, 3.05) is 0 Å². The van der Waals surface area contributed by atoms with Crippen molar-refractivity contribution in [3.63, 3.8) is 0 Å². The van der Waals surface area contributed by atoms with Gasteiger partial charge in [0.1, 0.15) is 5.82 Å². The van der Waals surface area contributed by atoms with Gasteiger partial charge in [0, 0.05) is 44.4 Å². The molecule has 4 heterocycles. The number of pyridine rings is 2. The third kappa shape index (κ3) is 4.03. The van der Waals surface area contributed by atoms with Gasteiger partial charge in [-0.15, -0.1) is 0 Å². The topological polar surface area (TPSA) is 35.6 Å². The highest BCUT2D eigenvalue weighted by Crippen LogP contribution is 2.38. The summed E-state index contributed by atoms with van der Waals surface area (Å²) >= 11 is 0. The van der Waals surface area contributed by atoms with Crippen LogP contribution in [-0.2, 0) is 0 Å². The average molecular weight is 613 g/mol. The minimum Gasteiger partial charge on any atom is -0.309 e. The summed E-state index contributed by atoms with van der Waals surface area (Å²) in [5.41, 5.74) is 11.0. The Morgan fingerprint density at radius 1 is 0.396 bits per heavy atom. The number of hydrogen-bond acceptors (Lipinski definition) is 2. The Kier molecular flexibility index (Phi) is 5.84. The van der Waals surface area contributed by atoms with Crippen LogP contribution in [0.25, 0.3) is 88.4 Å². The molecule has 0 aliphatic heterocycles. The number of fused-ring (bicyclic) bond motifs is 7. The first-order chi connectivity index (χ1) is 23.8. The molecular formula is C44H28N4. The molecule has 0 fully saturated rings. The molecule has 10 aromatic rings. The van der Waals surface area contributed by atoms with Crippen molar-refractivity contribution in [3.05, 3.63) is 170 Å². The van der Waals surface area contributed by atoms with Gasteiger partial charge >= 0.3 is 0 Å². The molecule has 224 valence electrons. The maximum absolute atomic E-state index is 5.37. The van der Waals surface area contributed by atoms with E-state index in [9.17, 15) is 0 Å². The number of benzene rings is 6. The molecule has 0 amide bonds. The minimum absolute atomic E-state index is 0.891. The quantitative estimate of drug-likeness (QED) is 0.198. The Morgan fingerprint density at radius 2 is 0.958 bits per heavy atom. The maximum atomic E-state index is 5.37. The van der Waals surface area contributed by atoms with Crippen molar-refractivity contribution in [2.24, 2.45) is 0 Å². The predicted octanol–water partition coefficient (Wildman–Crippen LogP) is 11.2. The normalized spacial score (nSPS) is 11.8. The van der Waals surface area contributed by atoms with Crippen LogP contribution >= 0.6 is 0 Å². The van der Waals surface area contributed by atoms with Crippen LogP contribution in [0.15, 0.2) is 170 Å². The fourth-order valence-electron chi connectivity index (χ4n) is 7.44. The molecule has 6 aromatic carbocycles. The zero-order chi connectivity index (χ0) is 31.6. The lowest BCUT2D eigenvalue weighted by Crippen LogP contribution is -2.00. The Bertz CT molecular complexity index is 2740. The molecule has 4 nitrogen and oxygen atoms in total. The fourth-order valence-corrected chi connectivity index (χ4v) is 7.44. The Labute approximate surface area is 276 Å². The standard InChI is InChI=1S/C44H28N4/c1-5-19-40-32(14-1)33-15-2-6-20-41(33)47(40)31-23-24-39-37(27-31)36(29-12-11-13-30(26-29)38-18-9-10-25-45-38)28-44(46-39)48-42-21-7-3-16-34(42)35-17-4-8-22-43(35)48/h1-28H. The molecule has 0 atom stereocenters. The van der Waals surface area contributed by atoms with Crippen LogP contribution in [0, 0.1) is 0 Å². The van der Waals surface area contributed by atoms with E-state index in [-0.39, 0.29) is 0 Å². The molecule has 0 aliphatic rings. The first-order valence-corrected chi connectivity index (χ1v) is 16.3. The Morgan fingerprint density at radius 3 is 1.56 bits per heavy atom. The molecule has 0 aliphatic carbocycles. The Balaban J connectivity index is 1.28. The summed E-state index contributed by atoms with van der Waals surface area (Å²) < 4.78 is 4.68. The van der Waals surface area contributed by atoms with Crippen molar-refractivity contribution in [1.82, 2.24) is 19.1 Å². The average Bonchev–Trinajstić information content (AvgIpc) is 3.68. The maximum Gasteiger partial charge on any atom is 0.138 e. The fraction of sp³-hybridized carbons (Fsp3) is 0. The molecule has 0 N–H and O–H groups in total. The van der Waals surface area contributed by atoms with Crippen LogP contribution in [0.2, 0.25) is 0 Å². The summed E-state index contributed by atoms with van der Waals surface area (Å²) in [4.78, 5) is 10.0. The van der Waals surface area contributed by atoms with Crippen LogP contribution in [0.4, 0.5) is 0 Å². The summed E-state index contributed by atoms with van der Waals surface area (Å²) in [7, 11) is 0. The van der Waals surface area contributed by atoms with Gasteiger partial charge in [-0.25, -0.2) is 4.98 Å². The molecule has 10 rings (SSSR count). The van der Waals surface area contributed by atoms with Crippen LogP contribution < -0.4 is 0 Å². The molecule has 0 spiro atoms. The lowest BCUT2D eigenvalue weighted by molar-refractivity contribution is 1.10. The van der Waals surface area contributed by atoms with Gasteiger partial charge in [-0.3, -0.25) is 9.55 Å². The predicted molar refractivity (Wildman–Crippen MR) is 199 cm³/mol. The van der Waals surface area contributed by atoms with Crippen molar-refractivity contribution >= 4 is 54.5 Å². The van der Waals surface area contributed by atoms with Gasteiger partial charge in [0.2, 0.25) is 0 Å². The van der Waals surface area contributed by atoms with Crippen LogP contribution in [-0.4, -0.2) is 19.1 Å². The Hall–Kier alpha value is -6.52. The van der Waals surface area contributed by atoms with Crippen molar-refractivity contribution in [3.8, 4) is 33.9 Å². The second-order valence-electron chi connectivity index (χ2n) is 12.3. The van der Waals surface area contributed by atoms with E-state index in [1.165, 1.54) is 32.6 Å². The van der Waals surface area contributed by atoms with E-state index >= 15 is 0 Å². The van der Waals surface area contributed by atoms with E-state index in [2.05, 4.69) is 166 Å². The summed E-state index contributed by atoms with van der Waals surface area (Å²) in [6.07, 6.45) is 1.85. The van der Waals surface area contributed by atoms with Gasteiger partial charge < -0.3 is 4.57 Å². The molecule has 0 saturated heterocycles. The third-order valence-corrected chi connectivity index (χ3v) is 9.56. The van der Waals surface area contributed by atoms with Crippen molar-refractivity contribution in [1.29, 1.82) is 0 Å². The number of nitrogens with zero attached hydrogens (tertiary/aromatic N) is 4. The monoisotopic (exact) mass is 612 g/mol. The number of para-hydroxylation sites is 4. The zero-order valence-corrected chi connectivity index (χ0v) is 26.0. The molecule has 0 bridgehead atoms. The van der Waals surface area contributed by atoms with E-state index in [0.717, 1.165) is 55.8 Å². The SMILES string of the molecule is c1ccc(-c2cccc(-c3cc(-n4c5ccccc5c5ccccc54)nc4ccc(-n5c6ccccc6c6ccccc65)cc34)c2)nc1. The summed E-state index contributed by atoms with van der Waals surface area (Å²) in [6.45, 7) is 0. The summed E-state index contributed by atoms with van der Waals surface area (Å²) in [6, 6.07) is 58.2. The smallest absolute Gasteiger partial charge is 0.138 e. The number of hydrogen-bond donors (Lipinski definition) is 0. The van der Waals surface area contributed by atoms with Gasteiger partial charge in [0.25, 0.3) is 0 Å². The first kappa shape index (κ1) is 26.7. The van der Waals surface area contributed by atoms with Crippen LogP contribution in [0.3, 0.4) is 0 Å². The van der Waals surface area contributed by atoms with E-state index < -0.39 is 0 Å². The molecule has 0 unspecified atom stereocenters. The lowest BCUT2D eigenvalue weighted by atomic mass is 9.97. The van der Waals surface area contributed by atoms with Crippen molar-refractivity contribution < 1.29 is 0 Å². The third-order valence-electron chi connectivity index (χ3n) is 9.56. The molecule has 48 heavy (non-hydrogen) atoms. The summed E-state index contributed by atoms with van der Waals surface area (Å²) in [5, 5.41) is 6.02. The highest BCUT2D eigenvalue weighted by Gasteiger charge is 2.18. The molecular weight excluding hydrogens is 585 g/mol. The first-order valence-electron chi connectivity index (χ1n) is 16.3. The second kappa shape index (κ2) is 10.5. The summed E-state index contributed by atoms with van der Waals surface area (Å²) in [5.74, 6) is 0.891. The zero-order valence-electron chi connectivity index (χ0n) is 26.0. The van der Waals surface area contributed by atoms with Gasteiger partial charge in [0.05, 0.1) is 33.3 Å². The van der Waals surface area contributed by atoms with Gasteiger partial charge in [0.15, 0.2) is 0 Å². The van der Waals surface area contributed by atoms with Crippen molar-refractivity contribution in [2.45, 2.75) is 0 Å².